The molecule has 0 amide bonds. The Morgan fingerprint density at radius 3 is 2.71 bits per heavy atom. The quantitative estimate of drug-likeness (QED) is 0.890. The average Bonchev–Trinajstić information content (AvgIpc) is 2.45. The van der Waals surface area contributed by atoms with E-state index in [-0.39, 0.29) is 16.8 Å². The average molecular weight is 356 g/mol. The molecule has 2 rings (SSSR count). The van der Waals surface area contributed by atoms with E-state index in [4.69, 9.17) is 5.26 Å². The van der Waals surface area contributed by atoms with Crippen LogP contribution in [-0.4, -0.2) is 4.98 Å². The molecule has 0 aliphatic carbocycles. The molecule has 21 heavy (non-hydrogen) atoms. The van der Waals surface area contributed by atoms with E-state index >= 15 is 0 Å². The molecule has 0 saturated heterocycles. The van der Waals surface area contributed by atoms with Gasteiger partial charge in [-0.2, -0.15) is 18.4 Å². The maximum absolute atomic E-state index is 12.9. The first-order chi connectivity index (χ1) is 9.90. The third kappa shape index (κ3) is 3.95. The molecule has 0 spiro atoms. The monoisotopic (exact) mass is 355 g/mol. The van der Waals surface area contributed by atoms with Crippen LogP contribution < -0.4 is 5.32 Å². The molecule has 0 aliphatic heterocycles. The minimum absolute atomic E-state index is 0.146. The standard InChI is InChI=1S/C14H9BrF3N3/c15-11-5-12(14(16,17)18)13(21-8-11)20-7-10-3-1-2-9(4-10)6-19/h1-5,8H,7H2,(H,20,21). The van der Waals surface area contributed by atoms with E-state index in [1.165, 1.54) is 6.20 Å². The molecular weight excluding hydrogens is 347 g/mol. The molecule has 0 atom stereocenters. The summed E-state index contributed by atoms with van der Waals surface area (Å²) in [4.78, 5) is 3.76. The minimum Gasteiger partial charge on any atom is -0.365 e. The largest absolute Gasteiger partial charge is 0.419 e. The fraction of sp³-hybridized carbons (Fsp3) is 0.143. The number of hydrogen-bond donors (Lipinski definition) is 1. The second-order valence-corrected chi connectivity index (χ2v) is 5.13. The third-order valence-corrected chi connectivity index (χ3v) is 3.11. The summed E-state index contributed by atoms with van der Waals surface area (Å²) in [6.07, 6.45) is -3.20. The zero-order valence-corrected chi connectivity index (χ0v) is 12.2. The number of nitrogens with one attached hydrogen (secondary N) is 1. The number of hydrogen-bond acceptors (Lipinski definition) is 3. The van der Waals surface area contributed by atoms with Crippen LogP contribution in [0.4, 0.5) is 19.0 Å². The van der Waals surface area contributed by atoms with Crippen LogP contribution in [0.1, 0.15) is 16.7 Å². The smallest absolute Gasteiger partial charge is 0.365 e. The lowest BCUT2D eigenvalue weighted by molar-refractivity contribution is -0.137. The van der Waals surface area contributed by atoms with Crippen molar-refractivity contribution in [3.05, 3.63) is 57.7 Å². The first kappa shape index (κ1) is 15.3. The molecular formula is C14H9BrF3N3. The lowest BCUT2D eigenvalue weighted by Gasteiger charge is -2.14. The lowest BCUT2D eigenvalue weighted by Crippen LogP contribution is -2.12. The van der Waals surface area contributed by atoms with E-state index in [9.17, 15) is 13.2 Å². The number of nitriles is 1. The summed E-state index contributed by atoms with van der Waals surface area (Å²) in [5, 5.41) is 11.4. The predicted molar refractivity (Wildman–Crippen MR) is 75.4 cm³/mol. The van der Waals surface area contributed by atoms with E-state index < -0.39 is 11.7 Å². The van der Waals surface area contributed by atoms with Crippen LogP contribution in [0.2, 0.25) is 0 Å². The van der Waals surface area contributed by atoms with E-state index in [0.29, 0.717) is 11.1 Å². The Morgan fingerprint density at radius 2 is 2.05 bits per heavy atom. The Hall–Kier alpha value is -2.07. The van der Waals surface area contributed by atoms with Crippen molar-refractivity contribution in [1.82, 2.24) is 4.98 Å². The van der Waals surface area contributed by atoms with Gasteiger partial charge in [0.1, 0.15) is 5.82 Å². The summed E-state index contributed by atoms with van der Waals surface area (Å²) < 4.78 is 39.0. The molecule has 0 radical (unpaired) electrons. The summed E-state index contributed by atoms with van der Waals surface area (Å²) in [5.74, 6) is -0.243. The summed E-state index contributed by atoms with van der Waals surface area (Å²) in [6, 6.07) is 9.59. The van der Waals surface area contributed by atoms with Crippen molar-refractivity contribution in [3.8, 4) is 6.07 Å². The van der Waals surface area contributed by atoms with Crippen molar-refractivity contribution in [1.29, 1.82) is 5.26 Å². The number of anilines is 1. The summed E-state index contributed by atoms with van der Waals surface area (Å²) in [5.41, 5.74) is 0.314. The van der Waals surface area contributed by atoms with Crippen molar-refractivity contribution < 1.29 is 13.2 Å². The molecule has 1 N–H and O–H groups in total. The van der Waals surface area contributed by atoms with Gasteiger partial charge in [-0.25, -0.2) is 4.98 Å². The lowest BCUT2D eigenvalue weighted by atomic mass is 10.1. The third-order valence-electron chi connectivity index (χ3n) is 2.68. The normalized spacial score (nSPS) is 11.0. The maximum atomic E-state index is 12.9. The highest BCUT2D eigenvalue weighted by Crippen LogP contribution is 2.35. The molecule has 0 aliphatic rings. The number of nitrogens with zero attached hydrogens (tertiary/aromatic N) is 2. The van der Waals surface area contributed by atoms with Crippen molar-refractivity contribution in [2.75, 3.05) is 5.32 Å². The maximum Gasteiger partial charge on any atom is 0.419 e. The Bertz CT molecular complexity index is 693. The zero-order chi connectivity index (χ0) is 15.5. The van der Waals surface area contributed by atoms with Crippen LogP contribution in [-0.2, 0) is 12.7 Å². The molecule has 0 fully saturated rings. The Balaban J connectivity index is 2.22. The van der Waals surface area contributed by atoms with Gasteiger partial charge < -0.3 is 5.32 Å². The van der Waals surface area contributed by atoms with Gasteiger partial charge >= 0.3 is 6.18 Å². The van der Waals surface area contributed by atoms with Crippen LogP contribution in [0.25, 0.3) is 0 Å². The number of alkyl halides is 3. The number of pyridine rings is 1. The Morgan fingerprint density at radius 1 is 1.29 bits per heavy atom. The van der Waals surface area contributed by atoms with Gasteiger partial charge in [0, 0.05) is 17.2 Å². The van der Waals surface area contributed by atoms with Crippen molar-refractivity contribution in [2.24, 2.45) is 0 Å². The molecule has 0 saturated carbocycles. The second kappa shape index (κ2) is 6.14. The summed E-state index contributed by atoms with van der Waals surface area (Å²) in [6.45, 7) is 0.146. The molecule has 1 aromatic carbocycles. The molecule has 1 heterocycles. The van der Waals surface area contributed by atoms with E-state index in [0.717, 1.165) is 6.07 Å². The minimum atomic E-state index is -4.49. The number of rotatable bonds is 3. The van der Waals surface area contributed by atoms with Crippen LogP contribution >= 0.6 is 15.9 Å². The zero-order valence-electron chi connectivity index (χ0n) is 10.6. The molecule has 0 bridgehead atoms. The van der Waals surface area contributed by atoms with Gasteiger partial charge in [-0.3, -0.25) is 0 Å². The number of benzene rings is 1. The molecule has 0 unspecified atom stereocenters. The number of halogens is 4. The van der Waals surface area contributed by atoms with Gasteiger partial charge in [-0.15, -0.1) is 0 Å². The van der Waals surface area contributed by atoms with Crippen molar-refractivity contribution >= 4 is 21.7 Å². The highest BCUT2D eigenvalue weighted by Gasteiger charge is 2.34. The highest BCUT2D eigenvalue weighted by atomic mass is 79.9. The first-order valence-electron chi connectivity index (χ1n) is 5.86. The Labute approximate surface area is 127 Å². The van der Waals surface area contributed by atoms with Gasteiger partial charge in [0.25, 0.3) is 0 Å². The highest BCUT2D eigenvalue weighted by molar-refractivity contribution is 9.10. The van der Waals surface area contributed by atoms with Gasteiger partial charge in [0.15, 0.2) is 0 Å². The topological polar surface area (TPSA) is 48.7 Å². The van der Waals surface area contributed by atoms with Gasteiger partial charge in [0.05, 0.1) is 17.2 Å². The van der Waals surface area contributed by atoms with Crippen LogP contribution in [0.15, 0.2) is 41.0 Å². The summed E-state index contributed by atoms with van der Waals surface area (Å²) >= 11 is 2.98. The predicted octanol–water partition coefficient (Wildman–Crippen LogP) is 4.35. The molecule has 3 nitrogen and oxygen atoms in total. The molecule has 108 valence electrons. The fourth-order valence-electron chi connectivity index (χ4n) is 1.73. The van der Waals surface area contributed by atoms with Crippen LogP contribution in [0, 0.1) is 11.3 Å². The van der Waals surface area contributed by atoms with Crippen molar-refractivity contribution in [2.45, 2.75) is 12.7 Å². The van der Waals surface area contributed by atoms with E-state index in [1.54, 1.807) is 24.3 Å². The molecule has 2 aromatic rings. The van der Waals surface area contributed by atoms with Gasteiger partial charge in [0.2, 0.25) is 0 Å². The van der Waals surface area contributed by atoms with Crippen LogP contribution in [0.5, 0.6) is 0 Å². The second-order valence-electron chi connectivity index (χ2n) is 4.21. The SMILES string of the molecule is N#Cc1cccc(CNc2ncc(Br)cc2C(F)(F)F)c1. The molecule has 7 heteroatoms. The van der Waals surface area contributed by atoms with Gasteiger partial charge in [-0.05, 0) is 39.7 Å². The Kier molecular flexibility index (Phi) is 4.48. The summed E-state index contributed by atoms with van der Waals surface area (Å²) in [7, 11) is 0. The van der Waals surface area contributed by atoms with Crippen LogP contribution in [0.3, 0.4) is 0 Å². The van der Waals surface area contributed by atoms with E-state index in [1.807, 2.05) is 6.07 Å². The number of aromatic nitrogens is 1. The molecule has 1 aromatic heterocycles. The van der Waals surface area contributed by atoms with Crippen molar-refractivity contribution in [3.63, 3.8) is 0 Å². The van der Waals surface area contributed by atoms with E-state index in [2.05, 4.69) is 26.2 Å². The fourth-order valence-corrected chi connectivity index (χ4v) is 2.06. The first-order valence-corrected chi connectivity index (χ1v) is 6.65. The van der Waals surface area contributed by atoms with Gasteiger partial charge in [-0.1, -0.05) is 12.1 Å².